The predicted molar refractivity (Wildman–Crippen MR) is 182 cm³/mol. The Morgan fingerprint density at radius 3 is 2.22 bits per heavy atom. The molecule has 238 valence electrons. The molecule has 1 amide bonds. The van der Waals surface area contributed by atoms with Crippen molar-refractivity contribution >= 4 is 21.9 Å². The summed E-state index contributed by atoms with van der Waals surface area (Å²) in [5, 5.41) is 0. The summed E-state index contributed by atoms with van der Waals surface area (Å²) >= 11 is 0. The Balaban J connectivity index is 1.40. The molecule has 1 atom stereocenters. The van der Waals surface area contributed by atoms with Gasteiger partial charge in [0, 0.05) is 29.6 Å². The van der Waals surface area contributed by atoms with Gasteiger partial charge in [-0.2, -0.15) is 0 Å². The van der Waals surface area contributed by atoms with Crippen molar-refractivity contribution in [2.24, 2.45) is 5.41 Å². The molecule has 1 aromatic heterocycles. The van der Waals surface area contributed by atoms with E-state index < -0.39 is 10.0 Å². The summed E-state index contributed by atoms with van der Waals surface area (Å²) < 4.78 is 30.3. The minimum atomic E-state index is -4.09. The first-order valence-electron chi connectivity index (χ1n) is 16.3. The van der Waals surface area contributed by atoms with E-state index >= 15 is 0 Å². The largest absolute Gasteiger partial charge is 0.336 e. The Morgan fingerprint density at radius 1 is 0.891 bits per heavy atom. The van der Waals surface area contributed by atoms with Crippen molar-refractivity contribution in [3.05, 3.63) is 106 Å². The Kier molecular flexibility index (Phi) is 7.35. The number of carbonyl (C=O) groups excluding carboxylic acids is 1. The summed E-state index contributed by atoms with van der Waals surface area (Å²) in [5.41, 5.74) is 7.54. The van der Waals surface area contributed by atoms with Gasteiger partial charge in [0.25, 0.3) is 15.9 Å². The van der Waals surface area contributed by atoms with Crippen LogP contribution in [0.4, 0.5) is 5.95 Å². The number of amides is 1. The van der Waals surface area contributed by atoms with E-state index in [1.165, 1.54) is 30.5 Å². The molecule has 1 N–H and O–H groups in total. The number of benzene rings is 3. The lowest BCUT2D eigenvalue weighted by atomic mass is 9.75. The van der Waals surface area contributed by atoms with E-state index in [1.54, 1.807) is 12.1 Å². The van der Waals surface area contributed by atoms with Gasteiger partial charge < -0.3 is 4.90 Å². The molecule has 46 heavy (non-hydrogen) atoms. The first-order valence-corrected chi connectivity index (χ1v) is 17.8. The van der Waals surface area contributed by atoms with Gasteiger partial charge in [-0.05, 0) is 103 Å². The Labute approximate surface area is 272 Å². The van der Waals surface area contributed by atoms with Crippen molar-refractivity contribution in [2.45, 2.75) is 89.0 Å². The highest BCUT2D eigenvalue weighted by Crippen LogP contribution is 2.62. The minimum absolute atomic E-state index is 0.000858. The molecule has 7 rings (SSSR count). The summed E-state index contributed by atoms with van der Waals surface area (Å²) in [6.45, 7) is 11.2. The second-order valence-electron chi connectivity index (χ2n) is 14.7. The standard InChI is InChI=1S/C38H42N4O3S/c1-24-8-6-9-25(2)34(24)33-21-32-31(26-12-14-28(15-13-26)37(3,4)5)16-19-42(29-22-38(23-29)17-18-38)35(43)27-10-7-11-30(20-27)46(44,45)41-36(39-32)40-33/h6-15,20-21,29,31H,16-19,22-23H2,1-5H3,(H,39,40,41). The molecule has 7 nitrogen and oxygen atoms in total. The van der Waals surface area contributed by atoms with Crippen LogP contribution in [-0.4, -0.2) is 41.8 Å². The number of rotatable bonds is 3. The van der Waals surface area contributed by atoms with Gasteiger partial charge in [-0.15, -0.1) is 0 Å². The highest BCUT2D eigenvalue weighted by molar-refractivity contribution is 7.92. The molecule has 2 heterocycles. The van der Waals surface area contributed by atoms with Crippen LogP contribution in [0.25, 0.3) is 11.3 Å². The topological polar surface area (TPSA) is 92.3 Å². The summed E-state index contributed by atoms with van der Waals surface area (Å²) in [6.07, 6.45) is 5.13. The van der Waals surface area contributed by atoms with Crippen molar-refractivity contribution in [3.8, 4) is 11.3 Å². The van der Waals surface area contributed by atoms with Crippen LogP contribution < -0.4 is 4.72 Å². The first-order chi connectivity index (χ1) is 21.8. The first kappa shape index (κ1) is 30.6. The van der Waals surface area contributed by atoms with Crippen molar-refractivity contribution in [2.75, 3.05) is 11.3 Å². The van der Waals surface area contributed by atoms with Crippen molar-refractivity contribution in [3.63, 3.8) is 0 Å². The lowest BCUT2D eigenvalue weighted by Gasteiger charge is -2.44. The third kappa shape index (κ3) is 5.72. The molecule has 2 saturated carbocycles. The molecular weight excluding hydrogens is 593 g/mol. The molecule has 2 fully saturated rings. The lowest BCUT2D eigenvalue weighted by Crippen LogP contribution is -2.49. The average Bonchev–Trinajstić information content (AvgIpc) is 3.79. The van der Waals surface area contributed by atoms with E-state index in [-0.39, 0.29) is 34.1 Å². The van der Waals surface area contributed by atoms with E-state index in [9.17, 15) is 13.2 Å². The third-order valence-corrected chi connectivity index (χ3v) is 11.6. The number of hydrogen-bond acceptors (Lipinski definition) is 5. The fourth-order valence-electron chi connectivity index (χ4n) is 7.34. The molecule has 1 aliphatic heterocycles. The van der Waals surface area contributed by atoms with Gasteiger partial charge in [0.15, 0.2) is 0 Å². The molecular formula is C38H42N4O3S. The van der Waals surface area contributed by atoms with Crippen molar-refractivity contribution in [1.29, 1.82) is 0 Å². The van der Waals surface area contributed by atoms with Crippen LogP contribution in [0.15, 0.2) is 77.7 Å². The smallest absolute Gasteiger partial charge is 0.264 e. The van der Waals surface area contributed by atoms with E-state index in [2.05, 4.69) is 49.8 Å². The zero-order valence-corrected chi connectivity index (χ0v) is 28.1. The van der Waals surface area contributed by atoms with Gasteiger partial charge in [-0.1, -0.05) is 69.3 Å². The van der Waals surface area contributed by atoms with Crippen LogP contribution in [0.2, 0.25) is 0 Å². The Bertz CT molecular complexity index is 1910. The molecule has 1 spiro atoms. The maximum absolute atomic E-state index is 14.2. The number of aromatic nitrogens is 2. The van der Waals surface area contributed by atoms with Crippen molar-refractivity contribution in [1.82, 2.24) is 14.9 Å². The number of aryl methyl sites for hydroxylation is 2. The fraction of sp³-hybridized carbons (Fsp3) is 0.395. The molecule has 0 saturated heterocycles. The number of anilines is 1. The monoisotopic (exact) mass is 634 g/mol. The zero-order chi connectivity index (χ0) is 32.4. The molecule has 8 heteroatoms. The highest BCUT2D eigenvalue weighted by Gasteiger charge is 2.55. The summed E-state index contributed by atoms with van der Waals surface area (Å²) in [7, 11) is -4.09. The van der Waals surface area contributed by atoms with Crippen LogP contribution in [0.5, 0.6) is 0 Å². The van der Waals surface area contributed by atoms with Gasteiger partial charge >= 0.3 is 0 Å². The van der Waals surface area contributed by atoms with Gasteiger partial charge in [-0.3, -0.25) is 4.79 Å². The van der Waals surface area contributed by atoms with Gasteiger partial charge in [0.1, 0.15) is 0 Å². The number of carbonyl (C=O) groups is 1. The number of sulfonamides is 1. The SMILES string of the molecule is Cc1cccc(C)c1-c1cc2nc(n1)NS(=O)(=O)c1cccc(c1)C(=O)N(C1CC3(CC3)C1)CCC2c1ccc(C(C)(C)C)cc1. The number of hydrogen-bond donors (Lipinski definition) is 1. The van der Waals surface area contributed by atoms with E-state index in [0.717, 1.165) is 40.8 Å². The molecule has 1 unspecified atom stereocenters. The minimum Gasteiger partial charge on any atom is -0.336 e. The van der Waals surface area contributed by atoms with Gasteiger partial charge in [-0.25, -0.2) is 23.1 Å². The normalized spacial score (nSPS) is 20.6. The quantitative estimate of drug-likeness (QED) is 0.249. The summed E-state index contributed by atoms with van der Waals surface area (Å²) in [5.74, 6) is -0.293. The van der Waals surface area contributed by atoms with E-state index in [0.29, 0.717) is 29.6 Å². The van der Waals surface area contributed by atoms with Gasteiger partial charge in [0.2, 0.25) is 5.95 Å². The Morgan fingerprint density at radius 2 is 1.57 bits per heavy atom. The molecule has 2 aliphatic carbocycles. The van der Waals surface area contributed by atoms with Crippen LogP contribution in [0.1, 0.15) is 97.1 Å². The van der Waals surface area contributed by atoms with Gasteiger partial charge in [0.05, 0.1) is 16.3 Å². The molecule has 3 aromatic carbocycles. The van der Waals surface area contributed by atoms with E-state index in [1.807, 2.05) is 43.0 Å². The van der Waals surface area contributed by atoms with Crippen LogP contribution in [0, 0.1) is 19.3 Å². The predicted octanol–water partition coefficient (Wildman–Crippen LogP) is 7.78. The average molecular weight is 635 g/mol. The van der Waals surface area contributed by atoms with E-state index in [4.69, 9.17) is 9.97 Å². The van der Waals surface area contributed by atoms with Crippen LogP contribution in [-0.2, 0) is 15.4 Å². The fourth-order valence-corrected chi connectivity index (χ4v) is 8.33. The number of nitrogens with one attached hydrogen (secondary N) is 1. The van der Waals surface area contributed by atoms with Crippen molar-refractivity contribution < 1.29 is 13.2 Å². The highest BCUT2D eigenvalue weighted by atomic mass is 32.2. The maximum Gasteiger partial charge on any atom is 0.264 e. The molecule has 0 radical (unpaired) electrons. The zero-order valence-electron chi connectivity index (χ0n) is 27.3. The molecule has 4 aromatic rings. The summed E-state index contributed by atoms with van der Waals surface area (Å²) in [4.78, 5) is 25.9. The molecule has 3 aliphatic rings. The van der Waals surface area contributed by atoms with Crippen LogP contribution >= 0.6 is 0 Å². The second kappa shape index (κ2) is 11.0. The lowest BCUT2D eigenvalue weighted by molar-refractivity contribution is 0.0403. The molecule has 4 bridgehead atoms. The van der Waals surface area contributed by atoms with Crippen LogP contribution in [0.3, 0.4) is 0 Å². The Hall–Kier alpha value is -4.04. The maximum atomic E-state index is 14.2. The third-order valence-electron chi connectivity index (χ3n) is 10.3. The summed E-state index contributed by atoms with van der Waals surface area (Å²) in [6, 6.07) is 23.3. The number of nitrogens with zero attached hydrogens (tertiary/aromatic N) is 3. The number of fused-ring (bicyclic) bond motifs is 4. The second-order valence-corrected chi connectivity index (χ2v) is 16.4.